The van der Waals surface area contributed by atoms with E-state index in [1.54, 1.807) is 12.3 Å². The third kappa shape index (κ3) is 2.98. The normalized spacial score (nSPS) is 17.8. The first-order valence-electron chi connectivity index (χ1n) is 7.48. The second-order valence-corrected chi connectivity index (χ2v) is 5.78. The van der Waals surface area contributed by atoms with Crippen molar-refractivity contribution in [3.63, 3.8) is 0 Å². The first kappa shape index (κ1) is 14.6. The van der Waals surface area contributed by atoms with E-state index in [0.717, 1.165) is 17.7 Å². The minimum absolute atomic E-state index is 0.00698. The van der Waals surface area contributed by atoms with Crippen LogP contribution in [0.1, 0.15) is 33.9 Å². The maximum atomic E-state index is 12.5. The Morgan fingerprint density at radius 1 is 1.36 bits per heavy atom. The van der Waals surface area contributed by atoms with Crippen molar-refractivity contribution < 1.29 is 13.9 Å². The molecule has 2 aromatic heterocycles. The maximum absolute atomic E-state index is 12.5. The van der Waals surface area contributed by atoms with Crippen molar-refractivity contribution in [2.24, 2.45) is 0 Å². The zero-order valence-electron chi connectivity index (χ0n) is 13.1. The molecule has 3 rings (SSSR count). The molecule has 5 nitrogen and oxygen atoms in total. The molecule has 0 N–H and O–H groups in total. The molecule has 0 bridgehead atoms. The molecule has 1 saturated heterocycles. The van der Waals surface area contributed by atoms with Gasteiger partial charge in [0.1, 0.15) is 17.6 Å². The monoisotopic (exact) mass is 300 g/mol. The number of hydrogen-bond donors (Lipinski definition) is 0. The fourth-order valence-electron chi connectivity index (χ4n) is 2.72. The van der Waals surface area contributed by atoms with Crippen LogP contribution in [0.4, 0.5) is 0 Å². The quantitative estimate of drug-likeness (QED) is 0.874. The number of pyridine rings is 1. The smallest absolute Gasteiger partial charge is 0.257 e. The number of nitrogens with zero attached hydrogens (tertiary/aromatic N) is 2. The number of amides is 1. The molecular weight excluding hydrogens is 280 g/mol. The summed E-state index contributed by atoms with van der Waals surface area (Å²) >= 11 is 0. The van der Waals surface area contributed by atoms with Crippen molar-refractivity contribution in [1.82, 2.24) is 9.88 Å². The fourth-order valence-corrected chi connectivity index (χ4v) is 2.72. The van der Waals surface area contributed by atoms with E-state index in [1.807, 2.05) is 37.8 Å². The van der Waals surface area contributed by atoms with Crippen LogP contribution in [0.3, 0.4) is 0 Å². The van der Waals surface area contributed by atoms with Crippen LogP contribution >= 0.6 is 0 Å². The number of aromatic nitrogens is 1. The van der Waals surface area contributed by atoms with Gasteiger partial charge in [0.05, 0.1) is 12.1 Å². The van der Waals surface area contributed by atoms with Crippen LogP contribution in [0.5, 0.6) is 5.88 Å². The highest BCUT2D eigenvalue weighted by Crippen LogP contribution is 2.21. The Morgan fingerprint density at radius 3 is 2.82 bits per heavy atom. The van der Waals surface area contributed by atoms with E-state index in [-0.39, 0.29) is 12.0 Å². The molecule has 1 fully saturated rings. The highest BCUT2D eigenvalue weighted by molar-refractivity contribution is 5.95. The molecule has 5 heteroatoms. The number of likely N-dealkylation sites (tertiary alicyclic amines) is 1. The van der Waals surface area contributed by atoms with Crippen LogP contribution in [-0.2, 0) is 0 Å². The Morgan fingerprint density at radius 2 is 2.18 bits per heavy atom. The molecule has 1 atom stereocenters. The fraction of sp³-hybridized carbons (Fsp3) is 0.412. The highest BCUT2D eigenvalue weighted by atomic mass is 16.5. The molecular formula is C17H20N2O3. The topological polar surface area (TPSA) is 55.6 Å². The molecule has 0 spiro atoms. The minimum Gasteiger partial charge on any atom is -0.472 e. The Labute approximate surface area is 129 Å². The molecule has 0 aromatic carbocycles. The molecule has 3 heterocycles. The molecule has 1 aliphatic heterocycles. The number of rotatable bonds is 3. The lowest BCUT2D eigenvalue weighted by Crippen LogP contribution is -2.31. The van der Waals surface area contributed by atoms with Gasteiger partial charge >= 0.3 is 0 Å². The number of hydrogen-bond acceptors (Lipinski definition) is 4. The number of carbonyl (C=O) groups is 1. The van der Waals surface area contributed by atoms with Crippen molar-refractivity contribution >= 4 is 5.91 Å². The van der Waals surface area contributed by atoms with E-state index in [0.29, 0.717) is 30.3 Å². The van der Waals surface area contributed by atoms with E-state index >= 15 is 0 Å². The average molecular weight is 300 g/mol. The van der Waals surface area contributed by atoms with Gasteiger partial charge in [0.2, 0.25) is 5.88 Å². The van der Waals surface area contributed by atoms with Crippen LogP contribution < -0.4 is 4.74 Å². The summed E-state index contributed by atoms with van der Waals surface area (Å²) in [6.45, 7) is 6.93. The lowest BCUT2D eigenvalue weighted by molar-refractivity contribution is 0.0769. The third-order valence-electron chi connectivity index (χ3n) is 3.88. The van der Waals surface area contributed by atoms with Gasteiger partial charge in [-0.1, -0.05) is 6.07 Å². The Kier molecular flexibility index (Phi) is 3.88. The van der Waals surface area contributed by atoms with Crippen LogP contribution in [0.2, 0.25) is 0 Å². The highest BCUT2D eigenvalue weighted by Gasteiger charge is 2.30. The van der Waals surface area contributed by atoms with Crippen molar-refractivity contribution in [2.45, 2.75) is 33.3 Å². The molecule has 22 heavy (non-hydrogen) atoms. The summed E-state index contributed by atoms with van der Waals surface area (Å²) in [5.41, 5.74) is 1.74. The maximum Gasteiger partial charge on any atom is 0.257 e. The summed E-state index contributed by atoms with van der Waals surface area (Å²) in [5.74, 6) is 2.06. The summed E-state index contributed by atoms with van der Waals surface area (Å²) in [4.78, 5) is 18.6. The zero-order valence-corrected chi connectivity index (χ0v) is 13.1. The van der Waals surface area contributed by atoms with Gasteiger partial charge in [0, 0.05) is 25.2 Å². The van der Waals surface area contributed by atoms with E-state index in [2.05, 4.69) is 4.98 Å². The lowest BCUT2D eigenvalue weighted by Gasteiger charge is -2.16. The van der Waals surface area contributed by atoms with E-state index in [1.165, 1.54) is 0 Å². The molecule has 0 aliphatic carbocycles. The number of furan rings is 1. The predicted molar refractivity (Wildman–Crippen MR) is 82.1 cm³/mol. The molecule has 0 saturated carbocycles. The summed E-state index contributed by atoms with van der Waals surface area (Å²) < 4.78 is 11.3. The number of aryl methyl sites for hydroxylation is 3. The largest absolute Gasteiger partial charge is 0.472 e. The van der Waals surface area contributed by atoms with Crippen LogP contribution in [0.25, 0.3) is 0 Å². The van der Waals surface area contributed by atoms with Crippen LogP contribution in [-0.4, -0.2) is 35.0 Å². The third-order valence-corrected chi connectivity index (χ3v) is 3.88. The molecule has 1 amide bonds. The van der Waals surface area contributed by atoms with E-state index < -0.39 is 0 Å². The van der Waals surface area contributed by atoms with Gasteiger partial charge in [-0.05, 0) is 32.4 Å². The number of carbonyl (C=O) groups excluding carboxylic acids is 1. The van der Waals surface area contributed by atoms with Gasteiger partial charge in [-0.15, -0.1) is 0 Å². The minimum atomic E-state index is -0.00698. The second-order valence-electron chi connectivity index (χ2n) is 5.78. The molecule has 1 aliphatic rings. The van der Waals surface area contributed by atoms with Gasteiger partial charge < -0.3 is 14.1 Å². The van der Waals surface area contributed by atoms with Gasteiger partial charge in [0.15, 0.2) is 0 Å². The Hall–Kier alpha value is -2.30. The van der Waals surface area contributed by atoms with Crippen molar-refractivity contribution in [3.05, 3.63) is 47.0 Å². The Bertz CT molecular complexity index is 676. The van der Waals surface area contributed by atoms with E-state index in [4.69, 9.17) is 9.15 Å². The van der Waals surface area contributed by atoms with Gasteiger partial charge in [-0.3, -0.25) is 4.79 Å². The standard InChI is InChI=1S/C17H20N2O3/c1-11-4-5-16(18-9-11)22-14-6-7-19(10-14)17(20)15-8-12(2)21-13(15)3/h4-5,8-9,14H,6-7,10H2,1-3H3/t14-/m0/s1. The second kappa shape index (κ2) is 5.83. The van der Waals surface area contributed by atoms with Gasteiger partial charge in [0.25, 0.3) is 5.91 Å². The lowest BCUT2D eigenvalue weighted by atomic mass is 10.2. The van der Waals surface area contributed by atoms with Crippen LogP contribution in [0.15, 0.2) is 28.8 Å². The van der Waals surface area contributed by atoms with Gasteiger partial charge in [-0.25, -0.2) is 4.98 Å². The van der Waals surface area contributed by atoms with Crippen molar-refractivity contribution in [1.29, 1.82) is 0 Å². The predicted octanol–water partition coefficient (Wildman–Crippen LogP) is 2.89. The average Bonchev–Trinajstić information content (AvgIpc) is 3.07. The van der Waals surface area contributed by atoms with Crippen molar-refractivity contribution in [2.75, 3.05) is 13.1 Å². The van der Waals surface area contributed by atoms with E-state index in [9.17, 15) is 4.79 Å². The first-order valence-corrected chi connectivity index (χ1v) is 7.48. The van der Waals surface area contributed by atoms with Crippen molar-refractivity contribution in [3.8, 4) is 5.88 Å². The summed E-state index contributed by atoms with van der Waals surface area (Å²) in [6, 6.07) is 5.63. The Balaban J connectivity index is 1.63. The molecule has 2 aromatic rings. The van der Waals surface area contributed by atoms with Crippen LogP contribution in [0, 0.1) is 20.8 Å². The zero-order chi connectivity index (χ0) is 15.7. The first-order chi connectivity index (χ1) is 10.5. The SMILES string of the molecule is Cc1ccc(O[C@H]2CCN(C(=O)c3cc(C)oc3C)C2)nc1. The molecule has 0 radical (unpaired) electrons. The molecule has 116 valence electrons. The molecule has 0 unspecified atom stereocenters. The van der Waals surface area contributed by atoms with Gasteiger partial charge in [-0.2, -0.15) is 0 Å². The summed E-state index contributed by atoms with van der Waals surface area (Å²) in [7, 11) is 0. The summed E-state index contributed by atoms with van der Waals surface area (Å²) in [5, 5.41) is 0. The number of ether oxygens (including phenoxy) is 1. The summed E-state index contributed by atoms with van der Waals surface area (Å²) in [6.07, 6.45) is 2.59.